The second kappa shape index (κ2) is 7.04. The van der Waals surface area contributed by atoms with Crippen molar-refractivity contribution in [2.24, 2.45) is 5.92 Å². The number of halogens is 2. The fraction of sp³-hybridized carbons (Fsp3) is 0.545. The molecule has 0 bridgehead atoms. The fourth-order valence-electron chi connectivity index (χ4n) is 1.54. The molecule has 0 aliphatic carbocycles. The van der Waals surface area contributed by atoms with Crippen LogP contribution in [-0.2, 0) is 6.54 Å². The maximum Gasteiger partial charge on any atom is 0.333 e. The van der Waals surface area contributed by atoms with Gasteiger partial charge >= 0.3 is 5.69 Å². The number of hydrogen-bond acceptors (Lipinski definition) is 3. The fourth-order valence-corrected chi connectivity index (χ4v) is 2.79. The minimum absolute atomic E-state index is 0.227. The number of nitrogens with zero attached hydrogens (tertiary/aromatic N) is 2. The van der Waals surface area contributed by atoms with E-state index in [1.165, 1.54) is 6.20 Å². The van der Waals surface area contributed by atoms with Crippen LogP contribution in [0, 0.1) is 16.0 Å². The van der Waals surface area contributed by atoms with Crippen LogP contribution in [0.15, 0.2) is 21.7 Å². The summed E-state index contributed by atoms with van der Waals surface area (Å²) in [4.78, 5) is 21.6. The van der Waals surface area contributed by atoms with Gasteiger partial charge in [0, 0.05) is 18.1 Å². The van der Waals surface area contributed by atoms with Crippen molar-refractivity contribution < 1.29 is 4.92 Å². The molecule has 0 saturated heterocycles. The Balaban J connectivity index is 2.85. The highest BCUT2D eigenvalue weighted by Crippen LogP contribution is 2.14. The SMILES string of the molecule is CC(CCBr)CCn1cc(Br)c(=O)c([N+](=O)[O-])c1. The van der Waals surface area contributed by atoms with Crippen LogP contribution in [-0.4, -0.2) is 14.8 Å². The van der Waals surface area contributed by atoms with Crippen LogP contribution in [0.5, 0.6) is 0 Å². The number of aromatic nitrogens is 1. The van der Waals surface area contributed by atoms with Crippen molar-refractivity contribution in [2.75, 3.05) is 5.33 Å². The van der Waals surface area contributed by atoms with Crippen molar-refractivity contribution in [3.05, 3.63) is 37.2 Å². The molecule has 5 nitrogen and oxygen atoms in total. The highest BCUT2D eigenvalue weighted by atomic mass is 79.9. The predicted octanol–water partition coefficient (Wildman–Crippen LogP) is 3.33. The Hall–Kier alpha value is -0.690. The number of alkyl halides is 1. The van der Waals surface area contributed by atoms with Crippen LogP contribution in [0.1, 0.15) is 19.8 Å². The van der Waals surface area contributed by atoms with Gasteiger partial charge in [-0.1, -0.05) is 22.9 Å². The second-order valence-corrected chi connectivity index (χ2v) is 5.83. The minimum Gasteiger partial charge on any atom is -0.347 e. The Bertz CT molecular complexity index is 488. The molecule has 0 aromatic carbocycles. The molecule has 0 spiro atoms. The molecule has 7 heteroatoms. The van der Waals surface area contributed by atoms with Crippen LogP contribution in [0.3, 0.4) is 0 Å². The third-order valence-electron chi connectivity index (χ3n) is 2.70. The molecule has 1 heterocycles. The largest absolute Gasteiger partial charge is 0.347 e. The van der Waals surface area contributed by atoms with E-state index < -0.39 is 16.0 Å². The molecule has 0 amide bonds. The lowest BCUT2D eigenvalue weighted by Gasteiger charge is -2.11. The van der Waals surface area contributed by atoms with E-state index in [0.29, 0.717) is 12.5 Å². The molecule has 0 radical (unpaired) electrons. The van der Waals surface area contributed by atoms with E-state index in [-0.39, 0.29) is 4.47 Å². The van der Waals surface area contributed by atoms with Crippen LogP contribution in [0.4, 0.5) is 5.69 Å². The summed E-state index contributed by atoms with van der Waals surface area (Å²) in [6.07, 6.45) is 4.87. The number of pyridine rings is 1. The number of nitro groups is 1. The number of rotatable bonds is 6. The smallest absolute Gasteiger partial charge is 0.333 e. The molecule has 1 rings (SSSR count). The maximum absolute atomic E-state index is 11.5. The maximum atomic E-state index is 11.5. The van der Waals surface area contributed by atoms with Crippen molar-refractivity contribution in [3.63, 3.8) is 0 Å². The van der Waals surface area contributed by atoms with Crippen LogP contribution < -0.4 is 5.43 Å². The predicted molar refractivity (Wildman–Crippen MR) is 77.2 cm³/mol. The zero-order valence-corrected chi connectivity index (χ0v) is 13.1. The summed E-state index contributed by atoms with van der Waals surface area (Å²) in [7, 11) is 0. The number of hydrogen-bond donors (Lipinski definition) is 0. The summed E-state index contributed by atoms with van der Waals surface area (Å²) >= 11 is 6.44. The monoisotopic (exact) mass is 380 g/mol. The Kier molecular flexibility index (Phi) is 6.01. The molecule has 1 aromatic rings. The first-order valence-electron chi connectivity index (χ1n) is 5.55. The number of aryl methyl sites for hydroxylation is 1. The van der Waals surface area contributed by atoms with E-state index in [2.05, 4.69) is 38.8 Å². The van der Waals surface area contributed by atoms with Gasteiger partial charge in [-0.2, -0.15) is 0 Å². The summed E-state index contributed by atoms with van der Waals surface area (Å²) in [6, 6.07) is 0. The van der Waals surface area contributed by atoms with Gasteiger partial charge in [-0.15, -0.1) is 0 Å². The molecular formula is C11H14Br2N2O3. The summed E-state index contributed by atoms with van der Waals surface area (Å²) in [5.41, 5.74) is -0.970. The first kappa shape index (κ1) is 15.4. The summed E-state index contributed by atoms with van der Waals surface area (Å²) in [5, 5.41) is 11.7. The van der Waals surface area contributed by atoms with Gasteiger partial charge in [0.25, 0.3) is 5.43 Å². The quantitative estimate of drug-likeness (QED) is 0.431. The standard InChI is InChI=1S/C11H14Br2N2O3/c1-8(2-4-12)3-5-14-6-9(13)11(16)10(7-14)15(17)18/h6-8H,2-5H2,1H3. The van der Waals surface area contributed by atoms with Crippen molar-refractivity contribution in [1.29, 1.82) is 0 Å². The van der Waals surface area contributed by atoms with Crippen molar-refractivity contribution in [2.45, 2.75) is 26.3 Å². The second-order valence-electron chi connectivity index (χ2n) is 4.19. The molecule has 1 atom stereocenters. The van der Waals surface area contributed by atoms with E-state index in [1.54, 1.807) is 10.8 Å². The van der Waals surface area contributed by atoms with Crippen molar-refractivity contribution >= 4 is 37.5 Å². The first-order valence-corrected chi connectivity index (χ1v) is 7.47. The van der Waals surface area contributed by atoms with Crippen LogP contribution in [0.2, 0.25) is 0 Å². The van der Waals surface area contributed by atoms with Crippen molar-refractivity contribution in [3.8, 4) is 0 Å². The zero-order chi connectivity index (χ0) is 13.7. The van der Waals surface area contributed by atoms with E-state index in [1.807, 2.05) is 0 Å². The van der Waals surface area contributed by atoms with Gasteiger partial charge in [0.2, 0.25) is 0 Å². The van der Waals surface area contributed by atoms with Crippen LogP contribution >= 0.6 is 31.9 Å². The van der Waals surface area contributed by atoms with E-state index in [9.17, 15) is 14.9 Å². The van der Waals surface area contributed by atoms with Gasteiger partial charge < -0.3 is 4.57 Å². The average Bonchev–Trinajstić information content (AvgIpc) is 2.30. The highest BCUT2D eigenvalue weighted by molar-refractivity contribution is 9.10. The lowest BCUT2D eigenvalue weighted by atomic mass is 10.1. The van der Waals surface area contributed by atoms with E-state index >= 15 is 0 Å². The highest BCUT2D eigenvalue weighted by Gasteiger charge is 2.15. The topological polar surface area (TPSA) is 65.1 Å². The Labute approximate surface area is 122 Å². The van der Waals surface area contributed by atoms with Crippen molar-refractivity contribution in [1.82, 2.24) is 4.57 Å². The van der Waals surface area contributed by atoms with Gasteiger partial charge in [-0.3, -0.25) is 14.9 Å². The molecule has 0 N–H and O–H groups in total. The molecule has 100 valence electrons. The third-order valence-corrected chi connectivity index (χ3v) is 3.72. The van der Waals surface area contributed by atoms with E-state index in [0.717, 1.165) is 18.2 Å². The molecule has 1 aromatic heterocycles. The van der Waals surface area contributed by atoms with Gasteiger partial charge in [0.1, 0.15) is 0 Å². The zero-order valence-electron chi connectivity index (χ0n) is 9.94. The van der Waals surface area contributed by atoms with E-state index in [4.69, 9.17) is 0 Å². The molecule has 0 saturated carbocycles. The summed E-state index contributed by atoms with van der Waals surface area (Å²) in [6.45, 7) is 2.79. The van der Waals surface area contributed by atoms with Gasteiger partial charge in [0.05, 0.1) is 15.6 Å². The lowest BCUT2D eigenvalue weighted by Crippen LogP contribution is -2.14. The Morgan fingerprint density at radius 3 is 2.67 bits per heavy atom. The molecule has 1 unspecified atom stereocenters. The molecule has 0 fully saturated rings. The molecular weight excluding hydrogens is 368 g/mol. The average molecular weight is 382 g/mol. The van der Waals surface area contributed by atoms with Gasteiger partial charge in [-0.25, -0.2) is 0 Å². The normalized spacial score (nSPS) is 12.4. The minimum atomic E-state index is -0.647. The Morgan fingerprint density at radius 2 is 2.11 bits per heavy atom. The van der Waals surface area contributed by atoms with Crippen LogP contribution in [0.25, 0.3) is 0 Å². The van der Waals surface area contributed by atoms with Gasteiger partial charge in [-0.05, 0) is 34.7 Å². The molecule has 18 heavy (non-hydrogen) atoms. The molecule has 0 aliphatic heterocycles. The third kappa shape index (κ3) is 4.20. The molecule has 0 aliphatic rings. The lowest BCUT2D eigenvalue weighted by molar-refractivity contribution is -0.386. The van der Waals surface area contributed by atoms with Gasteiger partial charge in [0.15, 0.2) is 0 Å². The Morgan fingerprint density at radius 1 is 1.44 bits per heavy atom. The summed E-state index contributed by atoms with van der Waals surface area (Å²) in [5.74, 6) is 0.529. The summed E-state index contributed by atoms with van der Waals surface area (Å²) < 4.78 is 1.92. The first-order chi connectivity index (χ1) is 8.45.